The van der Waals surface area contributed by atoms with Gasteiger partial charge in [-0.05, 0) is 101 Å². The van der Waals surface area contributed by atoms with Crippen LogP contribution in [0.5, 0.6) is 17.2 Å². The highest BCUT2D eigenvalue weighted by Gasteiger charge is 2.32. The maximum atomic E-state index is 11.2. The Morgan fingerprint density at radius 2 is 1.81 bits per heavy atom. The van der Waals surface area contributed by atoms with Crippen LogP contribution in [0, 0.1) is 20.8 Å². The number of benzene rings is 2. The molecule has 0 saturated carbocycles. The highest BCUT2D eigenvalue weighted by molar-refractivity contribution is 5.76. The molecule has 1 heterocycles. The second-order valence-corrected chi connectivity index (χ2v) is 9.11. The summed E-state index contributed by atoms with van der Waals surface area (Å²) in [6.07, 6.45) is 6.67. The van der Waals surface area contributed by atoms with E-state index in [1.54, 1.807) is 12.1 Å². The quantitative estimate of drug-likeness (QED) is 0.604. The third-order valence-electron chi connectivity index (χ3n) is 6.18. The Bertz CT molecular complexity index is 1020. The Labute approximate surface area is 184 Å². The molecule has 2 aromatic rings. The van der Waals surface area contributed by atoms with Crippen molar-refractivity contribution >= 4 is 5.97 Å². The zero-order valence-corrected chi connectivity index (χ0v) is 19.2. The lowest BCUT2D eigenvalue weighted by molar-refractivity contribution is -0.152. The molecule has 166 valence electrons. The number of hydrogen-bond donors (Lipinski definition) is 2. The van der Waals surface area contributed by atoms with Gasteiger partial charge in [0.2, 0.25) is 0 Å². The van der Waals surface area contributed by atoms with Gasteiger partial charge in [-0.25, -0.2) is 4.79 Å². The number of aromatic hydroxyl groups is 1. The molecule has 2 aromatic carbocycles. The van der Waals surface area contributed by atoms with Crippen LogP contribution in [0.15, 0.2) is 36.4 Å². The van der Waals surface area contributed by atoms with E-state index in [4.69, 9.17) is 9.47 Å². The predicted molar refractivity (Wildman–Crippen MR) is 121 cm³/mol. The lowest BCUT2D eigenvalue weighted by Crippen LogP contribution is -2.37. The first-order valence-corrected chi connectivity index (χ1v) is 10.6. The summed E-state index contributed by atoms with van der Waals surface area (Å²) in [6, 6.07) is 7.47. The Kier molecular flexibility index (Phi) is 6.08. The first kappa shape index (κ1) is 22.7. The van der Waals surface area contributed by atoms with E-state index in [1.807, 2.05) is 32.9 Å². The summed E-state index contributed by atoms with van der Waals surface area (Å²) in [6.45, 7) is 11.0. The number of carbonyl (C=O) groups is 1. The predicted octanol–water partition coefficient (Wildman–Crippen LogP) is 5.44. The van der Waals surface area contributed by atoms with Crippen molar-refractivity contribution in [1.82, 2.24) is 0 Å². The van der Waals surface area contributed by atoms with E-state index in [1.165, 1.54) is 13.8 Å². The monoisotopic (exact) mass is 424 g/mol. The number of rotatable bonds is 6. The third-order valence-corrected chi connectivity index (χ3v) is 6.18. The van der Waals surface area contributed by atoms with Gasteiger partial charge in [0.15, 0.2) is 5.60 Å². The van der Waals surface area contributed by atoms with Gasteiger partial charge >= 0.3 is 5.97 Å². The second-order valence-electron chi connectivity index (χ2n) is 9.11. The van der Waals surface area contributed by atoms with Gasteiger partial charge in [0.05, 0.1) is 0 Å². The molecular formula is C26H32O5. The normalized spacial score (nSPS) is 18.5. The molecule has 0 unspecified atom stereocenters. The van der Waals surface area contributed by atoms with E-state index >= 15 is 0 Å². The van der Waals surface area contributed by atoms with Crippen LogP contribution in [0.25, 0.3) is 0 Å². The number of hydrogen-bond acceptors (Lipinski definition) is 4. The fourth-order valence-corrected chi connectivity index (χ4v) is 3.86. The molecule has 1 aliphatic heterocycles. The van der Waals surface area contributed by atoms with Gasteiger partial charge in [-0.1, -0.05) is 18.2 Å². The standard InChI is InChI=1S/C26H32O5/c1-16-17(2)23-21(18(3)22(16)27)13-15-26(6,31-23)14-7-8-19-9-11-20(12-10-19)30-25(4,5)24(28)29/h7,9-12,14,27H,8,13,15H2,1-6H3,(H,28,29)/b14-7-/t26-/m0/s1. The SMILES string of the molecule is Cc1c(C)c2c(c(C)c1O)CC[C@](C)(/C=C\Cc1ccc(OC(C)(C)C(=O)O)cc1)O2. The minimum absolute atomic E-state index is 0.373. The van der Waals surface area contributed by atoms with Gasteiger partial charge in [-0.3, -0.25) is 0 Å². The number of phenolic OH excluding ortho intramolecular Hbond substituents is 1. The first-order chi connectivity index (χ1) is 14.4. The number of carboxylic acids is 1. The molecule has 1 aliphatic rings. The number of carboxylic acid groups (broad SMARTS) is 1. The van der Waals surface area contributed by atoms with E-state index in [0.717, 1.165) is 52.8 Å². The van der Waals surface area contributed by atoms with Crippen LogP contribution in [0.3, 0.4) is 0 Å². The van der Waals surface area contributed by atoms with Crippen molar-refractivity contribution in [2.45, 2.75) is 72.0 Å². The Morgan fingerprint density at radius 3 is 2.42 bits per heavy atom. The molecule has 5 heteroatoms. The van der Waals surface area contributed by atoms with Crippen LogP contribution in [0.2, 0.25) is 0 Å². The zero-order chi connectivity index (χ0) is 23.0. The number of aliphatic carboxylic acids is 1. The summed E-state index contributed by atoms with van der Waals surface area (Å²) in [5, 5.41) is 19.5. The number of ether oxygens (including phenoxy) is 2. The fourth-order valence-electron chi connectivity index (χ4n) is 3.86. The third kappa shape index (κ3) is 4.71. The summed E-state index contributed by atoms with van der Waals surface area (Å²) < 4.78 is 12.0. The molecular weight excluding hydrogens is 392 g/mol. The van der Waals surface area contributed by atoms with Crippen LogP contribution in [0.4, 0.5) is 0 Å². The molecule has 31 heavy (non-hydrogen) atoms. The van der Waals surface area contributed by atoms with E-state index in [9.17, 15) is 15.0 Å². The molecule has 0 radical (unpaired) electrons. The molecule has 2 N–H and O–H groups in total. The number of phenols is 1. The smallest absolute Gasteiger partial charge is 0.347 e. The van der Waals surface area contributed by atoms with Crippen molar-refractivity contribution in [2.24, 2.45) is 0 Å². The fraction of sp³-hybridized carbons (Fsp3) is 0.423. The Morgan fingerprint density at radius 1 is 1.16 bits per heavy atom. The number of fused-ring (bicyclic) bond motifs is 1. The zero-order valence-electron chi connectivity index (χ0n) is 19.2. The van der Waals surface area contributed by atoms with Crippen molar-refractivity contribution in [3.05, 3.63) is 64.2 Å². The van der Waals surface area contributed by atoms with E-state index in [2.05, 4.69) is 19.1 Å². The van der Waals surface area contributed by atoms with Gasteiger partial charge in [-0.2, -0.15) is 0 Å². The average molecular weight is 425 g/mol. The summed E-state index contributed by atoms with van der Waals surface area (Å²) in [4.78, 5) is 11.2. The van der Waals surface area contributed by atoms with Crippen molar-refractivity contribution < 1.29 is 24.5 Å². The largest absolute Gasteiger partial charge is 0.507 e. The molecule has 0 fully saturated rings. The van der Waals surface area contributed by atoms with E-state index in [-0.39, 0.29) is 0 Å². The molecule has 1 atom stereocenters. The minimum Gasteiger partial charge on any atom is -0.507 e. The van der Waals surface area contributed by atoms with Gasteiger partial charge in [-0.15, -0.1) is 0 Å². The summed E-state index contributed by atoms with van der Waals surface area (Å²) in [5.41, 5.74) is 3.32. The minimum atomic E-state index is -1.27. The summed E-state index contributed by atoms with van der Waals surface area (Å²) >= 11 is 0. The maximum Gasteiger partial charge on any atom is 0.347 e. The average Bonchev–Trinajstić information content (AvgIpc) is 2.71. The summed E-state index contributed by atoms with van der Waals surface area (Å²) in [5.74, 6) is 0.799. The lowest BCUT2D eigenvalue weighted by Gasteiger charge is -2.36. The Balaban J connectivity index is 1.69. The lowest BCUT2D eigenvalue weighted by atomic mass is 9.87. The van der Waals surface area contributed by atoms with Crippen molar-refractivity contribution in [1.29, 1.82) is 0 Å². The maximum absolute atomic E-state index is 11.2. The molecule has 0 spiro atoms. The Hall–Kier alpha value is -2.95. The van der Waals surface area contributed by atoms with Crippen LogP contribution < -0.4 is 9.47 Å². The number of allylic oxidation sites excluding steroid dienone is 1. The topological polar surface area (TPSA) is 76.0 Å². The molecule has 0 aliphatic carbocycles. The van der Waals surface area contributed by atoms with E-state index in [0.29, 0.717) is 11.5 Å². The molecule has 0 saturated heterocycles. The first-order valence-electron chi connectivity index (χ1n) is 10.6. The van der Waals surface area contributed by atoms with Crippen LogP contribution >= 0.6 is 0 Å². The van der Waals surface area contributed by atoms with Gasteiger partial charge in [0, 0.05) is 5.56 Å². The van der Waals surface area contributed by atoms with Crippen molar-refractivity contribution in [3.8, 4) is 17.2 Å². The highest BCUT2D eigenvalue weighted by atomic mass is 16.5. The molecule has 0 aromatic heterocycles. The molecule has 0 bridgehead atoms. The molecule has 3 rings (SSSR count). The highest BCUT2D eigenvalue weighted by Crippen LogP contribution is 2.43. The van der Waals surface area contributed by atoms with Gasteiger partial charge in [0.25, 0.3) is 0 Å². The van der Waals surface area contributed by atoms with Gasteiger partial charge in [0.1, 0.15) is 22.8 Å². The molecule has 0 amide bonds. The van der Waals surface area contributed by atoms with Crippen molar-refractivity contribution in [2.75, 3.05) is 0 Å². The van der Waals surface area contributed by atoms with Crippen molar-refractivity contribution in [3.63, 3.8) is 0 Å². The summed E-state index contributed by atoms with van der Waals surface area (Å²) in [7, 11) is 0. The molecule has 5 nitrogen and oxygen atoms in total. The van der Waals surface area contributed by atoms with Crippen LogP contribution in [-0.4, -0.2) is 27.4 Å². The van der Waals surface area contributed by atoms with Gasteiger partial charge < -0.3 is 19.7 Å². The van der Waals surface area contributed by atoms with Crippen LogP contribution in [0.1, 0.15) is 55.0 Å². The second kappa shape index (κ2) is 8.29. The van der Waals surface area contributed by atoms with Crippen LogP contribution in [-0.2, 0) is 17.6 Å². The van der Waals surface area contributed by atoms with E-state index < -0.39 is 17.2 Å².